The number of nitrogens with one attached hydrogen (secondary N) is 1. The second kappa shape index (κ2) is 10.3. The summed E-state index contributed by atoms with van der Waals surface area (Å²) in [4.78, 5) is 32.4. The van der Waals surface area contributed by atoms with Gasteiger partial charge in [-0.15, -0.1) is 5.10 Å². The third-order valence-electron chi connectivity index (χ3n) is 5.69. The first-order chi connectivity index (χ1) is 15.9. The van der Waals surface area contributed by atoms with Gasteiger partial charge in [-0.25, -0.2) is 4.98 Å². The van der Waals surface area contributed by atoms with Crippen LogP contribution in [0.2, 0.25) is 0 Å². The number of rotatable bonds is 8. The molecule has 2 aromatic heterocycles. The van der Waals surface area contributed by atoms with Crippen LogP contribution >= 0.6 is 11.3 Å². The van der Waals surface area contributed by atoms with Crippen LogP contribution in [0, 0.1) is 5.92 Å². The van der Waals surface area contributed by atoms with Crippen LogP contribution in [0.15, 0.2) is 35.1 Å². The fraction of sp³-hybridized carbons (Fsp3) is 0.500. The van der Waals surface area contributed by atoms with Crippen molar-refractivity contribution in [3.63, 3.8) is 0 Å². The number of nitrogens with zero attached hydrogens (tertiary/aromatic N) is 4. The Morgan fingerprint density at radius 3 is 2.64 bits per heavy atom. The summed E-state index contributed by atoms with van der Waals surface area (Å²) in [6.07, 6.45) is 3.38. The summed E-state index contributed by atoms with van der Waals surface area (Å²) in [7, 11) is 0. The maximum atomic E-state index is 12.7. The molecular weight excluding hydrogens is 438 g/mol. The highest BCUT2D eigenvalue weighted by Crippen LogP contribution is 2.27. The number of anilines is 1. The zero-order valence-electron chi connectivity index (χ0n) is 19.4. The molecule has 1 fully saturated rings. The second-order valence-corrected chi connectivity index (χ2v) is 9.64. The number of aromatic nitrogens is 3. The van der Waals surface area contributed by atoms with Crippen LogP contribution in [0.5, 0.6) is 5.75 Å². The Bertz CT molecular complexity index is 1150. The van der Waals surface area contributed by atoms with E-state index in [-0.39, 0.29) is 23.5 Å². The topological polar surface area (TPSA) is 88.8 Å². The molecule has 176 valence electrons. The summed E-state index contributed by atoms with van der Waals surface area (Å²) in [5.74, 6) is 0.904. The molecule has 9 heteroatoms. The number of aryl methyl sites for hydroxylation is 1. The van der Waals surface area contributed by atoms with Gasteiger partial charge in [-0.05, 0) is 50.8 Å². The molecule has 0 bridgehead atoms. The van der Waals surface area contributed by atoms with Crippen molar-refractivity contribution in [1.82, 2.24) is 19.9 Å². The van der Waals surface area contributed by atoms with E-state index in [1.54, 1.807) is 6.07 Å². The molecule has 1 N–H and O–H groups in total. The van der Waals surface area contributed by atoms with E-state index in [1.807, 2.05) is 38.1 Å². The SMILES string of the molecule is CCCc1cc(=O)n2nc(N3CCC(C(=O)NCc4ccc(OC(C)C)cc4)CC3)sc2n1. The Morgan fingerprint density at radius 2 is 1.97 bits per heavy atom. The molecule has 0 spiro atoms. The number of benzene rings is 1. The monoisotopic (exact) mass is 469 g/mol. The molecule has 0 unspecified atom stereocenters. The van der Waals surface area contributed by atoms with Crippen LogP contribution in [0.1, 0.15) is 51.3 Å². The number of carbonyl (C=O) groups is 1. The number of amides is 1. The summed E-state index contributed by atoms with van der Waals surface area (Å²) in [5.41, 5.74) is 1.73. The highest BCUT2D eigenvalue weighted by Gasteiger charge is 2.26. The van der Waals surface area contributed by atoms with Gasteiger partial charge in [-0.3, -0.25) is 9.59 Å². The number of carbonyl (C=O) groups excluding carboxylic acids is 1. The molecule has 4 rings (SSSR count). The normalized spacial score (nSPS) is 14.7. The maximum absolute atomic E-state index is 12.7. The molecule has 33 heavy (non-hydrogen) atoms. The minimum atomic E-state index is -0.135. The highest BCUT2D eigenvalue weighted by molar-refractivity contribution is 7.20. The van der Waals surface area contributed by atoms with Crippen molar-refractivity contribution in [2.45, 2.75) is 59.1 Å². The molecule has 1 saturated heterocycles. The zero-order chi connectivity index (χ0) is 23.4. The van der Waals surface area contributed by atoms with Crippen LogP contribution in [-0.4, -0.2) is 39.7 Å². The van der Waals surface area contributed by atoms with Crippen molar-refractivity contribution in [1.29, 1.82) is 0 Å². The lowest BCUT2D eigenvalue weighted by Crippen LogP contribution is -2.40. The predicted molar refractivity (Wildman–Crippen MR) is 130 cm³/mol. The Hall–Kier alpha value is -2.94. The fourth-order valence-electron chi connectivity index (χ4n) is 3.98. The van der Waals surface area contributed by atoms with Crippen LogP contribution < -0.4 is 20.5 Å². The van der Waals surface area contributed by atoms with Gasteiger partial charge < -0.3 is 15.0 Å². The average Bonchev–Trinajstić information content (AvgIpc) is 3.23. The van der Waals surface area contributed by atoms with Crippen molar-refractivity contribution in [2.24, 2.45) is 5.92 Å². The van der Waals surface area contributed by atoms with Gasteiger partial charge >= 0.3 is 0 Å². The van der Waals surface area contributed by atoms with Gasteiger partial charge in [0.2, 0.25) is 16.0 Å². The molecule has 3 heterocycles. The van der Waals surface area contributed by atoms with Gasteiger partial charge in [0.1, 0.15) is 5.75 Å². The molecule has 1 aromatic carbocycles. The minimum Gasteiger partial charge on any atom is -0.491 e. The third kappa shape index (κ3) is 5.71. The highest BCUT2D eigenvalue weighted by atomic mass is 32.1. The largest absolute Gasteiger partial charge is 0.491 e. The van der Waals surface area contributed by atoms with Crippen molar-refractivity contribution in [3.05, 3.63) is 51.9 Å². The first kappa shape index (κ1) is 23.2. The Morgan fingerprint density at radius 1 is 1.24 bits per heavy atom. The van der Waals surface area contributed by atoms with Gasteiger partial charge in [0.25, 0.3) is 5.56 Å². The van der Waals surface area contributed by atoms with E-state index in [1.165, 1.54) is 15.9 Å². The number of piperidine rings is 1. The van der Waals surface area contributed by atoms with Crippen molar-refractivity contribution < 1.29 is 9.53 Å². The molecule has 0 aliphatic carbocycles. The van der Waals surface area contributed by atoms with Crippen molar-refractivity contribution >= 4 is 27.3 Å². The van der Waals surface area contributed by atoms with Crippen LogP contribution in [0.25, 0.3) is 4.96 Å². The average molecular weight is 470 g/mol. The van der Waals surface area contributed by atoms with Crippen LogP contribution in [-0.2, 0) is 17.8 Å². The second-order valence-electron chi connectivity index (χ2n) is 8.70. The van der Waals surface area contributed by atoms with E-state index in [0.717, 1.165) is 60.9 Å². The van der Waals surface area contributed by atoms with Crippen LogP contribution in [0.4, 0.5) is 5.13 Å². The van der Waals surface area contributed by atoms with Gasteiger partial charge in [0.05, 0.1) is 6.10 Å². The van der Waals surface area contributed by atoms with E-state index < -0.39 is 0 Å². The van der Waals surface area contributed by atoms with Gasteiger partial charge in [-0.1, -0.05) is 36.8 Å². The maximum Gasteiger partial charge on any atom is 0.275 e. The summed E-state index contributed by atoms with van der Waals surface area (Å²) < 4.78 is 7.04. The van der Waals surface area contributed by atoms with Crippen molar-refractivity contribution in [3.8, 4) is 5.75 Å². The van der Waals surface area contributed by atoms with E-state index in [0.29, 0.717) is 11.5 Å². The zero-order valence-corrected chi connectivity index (χ0v) is 20.2. The number of hydrogen-bond acceptors (Lipinski definition) is 7. The molecule has 1 aliphatic heterocycles. The lowest BCUT2D eigenvalue weighted by Gasteiger charge is -2.30. The van der Waals surface area contributed by atoms with Crippen LogP contribution in [0.3, 0.4) is 0 Å². The van der Waals surface area contributed by atoms with Gasteiger partial charge in [0.15, 0.2) is 0 Å². The third-order valence-corrected chi connectivity index (χ3v) is 6.66. The standard InChI is InChI=1S/C24H31N5O3S/c1-4-5-19-14-21(30)29-23(26-19)33-24(27-29)28-12-10-18(11-13-28)22(31)25-15-17-6-8-20(9-7-17)32-16(2)3/h6-9,14,16,18H,4-5,10-13,15H2,1-3H3,(H,25,31). The number of fused-ring (bicyclic) bond motifs is 1. The molecule has 8 nitrogen and oxygen atoms in total. The minimum absolute atomic E-state index is 0.0174. The molecular formula is C24H31N5O3S. The summed E-state index contributed by atoms with van der Waals surface area (Å²) in [5, 5.41) is 8.33. The van der Waals surface area contributed by atoms with E-state index in [2.05, 4.69) is 27.2 Å². The van der Waals surface area contributed by atoms with E-state index >= 15 is 0 Å². The smallest absolute Gasteiger partial charge is 0.275 e. The van der Waals surface area contributed by atoms with E-state index in [4.69, 9.17) is 4.74 Å². The van der Waals surface area contributed by atoms with Gasteiger partial charge in [-0.2, -0.15) is 4.52 Å². The van der Waals surface area contributed by atoms with Gasteiger partial charge in [0, 0.05) is 37.3 Å². The first-order valence-corrected chi connectivity index (χ1v) is 12.4. The Balaban J connectivity index is 1.30. The number of hydrogen-bond donors (Lipinski definition) is 1. The first-order valence-electron chi connectivity index (χ1n) is 11.6. The molecule has 1 amide bonds. The molecule has 0 saturated carbocycles. The number of ether oxygens (including phenoxy) is 1. The van der Waals surface area contributed by atoms with Crippen molar-refractivity contribution in [2.75, 3.05) is 18.0 Å². The molecule has 1 aliphatic rings. The fourth-order valence-corrected chi connectivity index (χ4v) is 4.96. The molecule has 3 aromatic rings. The predicted octanol–water partition coefficient (Wildman–Crippen LogP) is 3.42. The molecule has 0 radical (unpaired) electrons. The lowest BCUT2D eigenvalue weighted by molar-refractivity contribution is -0.125. The Labute approximate surface area is 197 Å². The quantitative estimate of drug-likeness (QED) is 0.544. The summed E-state index contributed by atoms with van der Waals surface area (Å²) in [6, 6.07) is 9.40. The Kier molecular flexibility index (Phi) is 7.27. The summed E-state index contributed by atoms with van der Waals surface area (Å²) in [6.45, 7) is 8.03. The summed E-state index contributed by atoms with van der Waals surface area (Å²) >= 11 is 1.44. The molecule has 0 atom stereocenters. The van der Waals surface area contributed by atoms with E-state index in [9.17, 15) is 9.59 Å². The lowest BCUT2D eigenvalue weighted by atomic mass is 9.96.